The van der Waals surface area contributed by atoms with Gasteiger partial charge in [-0.1, -0.05) is 25.1 Å². The molecule has 1 aliphatic rings. The fraction of sp³-hybridized carbons (Fsp3) is 0.467. The van der Waals surface area contributed by atoms with Gasteiger partial charge < -0.3 is 10.6 Å². The maximum atomic E-state index is 13.6. The molecule has 6 heteroatoms. The van der Waals surface area contributed by atoms with Gasteiger partial charge >= 0.3 is 0 Å². The van der Waals surface area contributed by atoms with Gasteiger partial charge in [-0.2, -0.15) is 4.98 Å². The van der Waals surface area contributed by atoms with Crippen LogP contribution in [0.15, 0.2) is 24.3 Å². The van der Waals surface area contributed by atoms with Crippen molar-refractivity contribution in [2.24, 2.45) is 11.7 Å². The van der Waals surface area contributed by atoms with E-state index in [-0.39, 0.29) is 11.9 Å². The van der Waals surface area contributed by atoms with Gasteiger partial charge in [-0.05, 0) is 24.0 Å². The lowest BCUT2D eigenvalue weighted by molar-refractivity contribution is 0.376. The number of rotatable bonds is 3. The predicted octanol–water partition coefficient (Wildman–Crippen LogP) is 1.71. The number of halogens is 1. The first-order valence-electron chi connectivity index (χ1n) is 7.28. The molecular weight excluding hydrogens is 269 g/mol. The summed E-state index contributed by atoms with van der Waals surface area (Å²) in [5, 5.41) is 7.13. The molecule has 21 heavy (non-hydrogen) atoms. The van der Waals surface area contributed by atoms with Gasteiger partial charge in [0.25, 0.3) is 0 Å². The van der Waals surface area contributed by atoms with Crippen molar-refractivity contribution >= 4 is 5.95 Å². The highest BCUT2D eigenvalue weighted by atomic mass is 19.1. The van der Waals surface area contributed by atoms with Crippen LogP contribution < -0.4 is 10.6 Å². The average Bonchev–Trinajstić information content (AvgIpc) is 2.93. The van der Waals surface area contributed by atoms with E-state index < -0.39 is 0 Å². The number of aromatic nitrogens is 3. The number of benzene rings is 1. The molecule has 1 fully saturated rings. The molecule has 3 rings (SSSR count). The lowest BCUT2D eigenvalue weighted by Gasteiger charge is -2.34. The molecule has 5 nitrogen and oxygen atoms in total. The molecule has 1 aromatic heterocycles. The molecule has 0 saturated carbocycles. The first kappa shape index (κ1) is 14.0. The number of nitrogens with one attached hydrogen (secondary N) is 1. The largest absolute Gasteiger partial charge is 0.338 e. The van der Waals surface area contributed by atoms with E-state index in [9.17, 15) is 4.39 Å². The Morgan fingerprint density at radius 2 is 2.24 bits per heavy atom. The molecule has 0 spiro atoms. The Kier molecular flexibility index (Phi) is 3.88. The second kappa shape index (κ2) is 5.81. The van der Waals surface area contributed by atoms with E-state index in [1.165, 1.54) is 6.07 Å². The molecular formula is C15H20FN5. The Morgan fingerprint density at radius 1 is 1.43 bits per heavy atom. The third kappa shape index (κ3) is 3.05. The van der Waals surface area contributed by atoms with Gasteiger partial charge in [-0.25, -0.2) is 4.39 Å². The van der Waals surface area contributed by atoms with E-state index >= 15 is 0 Å². The zero-order chi connectivity index (χ0) is 14.8. The van der Waals surface area contributed by atoms with Gasteiger partial charge in [0.1, 0.15) is 11.6 Å². The number of hydrogen-bond donors (Lipinski definition) is 2. The van der Waals surface area contributed by atoms with Crippen LogP contribution in [0, 0.1) is 11.7 Å². The second-order valence-electron chi connectivity index (χ2n) is 5.73. The summed E-state index contributed by atoms with van der Waals surface area (Å²) < 4.78 is 13.6. The smallest absolute Gasteiger partial charge is 0.244 e. The molecule has 0 aliphatic carbocycles. The minimum absolute atomic E-state index is 0.146. The van der Waals surface area contributed by atoms with Crippen LogP contribution in [0.2, 0.25) is 0 Å². The van der Waals surface area contributed by atoms with E-state index in [4.69, 9.17) is 5.73 Å². The van der Waals surface area contributed by atoms with Crippen LogP contribution in [-0.4, -0.2) is 34.3 Å². The Balaban J connectivity index is 1.71. The van der Waals surface area contributed by atoms with Gasteiger partial charge in [-0.15, -0.1) is 5.10 Å². The molecule has 1 aromatic carbocycles. The summed E-state index contributed by atoms with van der Waals surface area (Å²) in [5.74, 6) is 1.63. The summed E-state index contributed by atoms with van der Waals surface area (Å²) in [6, 6.07) is 6.86. The highest BCUT2D eigenvalue weighted by Gasteiger charge is 2.25. The van der Waals surface area contributed by atoms with Crippen LogP contribution in [0.1, 0.15) is 24.7 Å². The highest BCUT2D eigenvalue weighted by molar-refractivity contribution is 5.31. The first-order valence-corrected chi connectivity index (χ1v) is 7.28. The van der Waals surface area contributed by atoms with Crippen LogP contribution in [0.25, 0.3) is 0 Å². The summed E-state index contributed by atoms with van der Waals surface area (Å²) in [5.41, 5.74) is 6.71. The molecule has 2 atom stereocenters. The van der Waals surface area contributed by atoms with Crippen molar-refractivity contribution in [3.63, 3.8) is 0 Å². The quantitative estimate of drug-likeness (QED) is 0.902. The van der Waals surface area contributed by atoms with E-state index in [1.54, 1.807) is 12.1 Å². The molecule has 112 valence electrons. The SMILES string of the molecule is CC1CCN(c2n[nH]c(Cc3ccccc3F)n2)CC1N. The number of nitrogens with zero attached hydrogens (tertiary/aromatic N) is 3. The topological polar surface area (TPSA) is 70.8 Å². The summed E-state index contributed by atoms with van der Waals surface area (Å²) in [7, 11) is 0. The van der Waals surface area contributed by atoms with Crippen LogP contribution in [0.3, 0.4) is 0 Å². The zero-order valence-corrected chi connectivity index (χ0v) is 12.1. The van der Waals surface area contributed by atoms with Gasteiger partial charge in [0.15, 0.2) is 0 Å². The molecule has 1 aliphatic heterocycles. The monoisotopic (exact) mass is 289 g/mol. The number of hydrogen-bond acceptors (Lipinski definition) is 4. The fourth-order valence-corrected chi connectivity index (χ4v) is 2.61. The molecule has 2 unspecified atom stereocenters. The Hall–Kier alpha value is -1.95. The van der Waals surface area contributed by atoms with E-state index in [1.807, 2.05) is 6.07 Å². The summed E-state index contributed by atoms with van der Waals surface area (Å²) in [6.07, 6.45) is 1.45. The number of H-pyrrole nitrogens is 1. The summed E-state index contributed by atoms with van der Waals surface area (Å²) >= 11 is 0. The van der Waals surface area contributed by atoms with Crippen molar-refractivity contribution in [1.29, 1.82) is 0 Å². The zero-order valence-electron chi connectivity index (χ0n) is 12.1. The fourth-order valence-electron chi connectivity index (χ4n) is 2.61. The minimum Gasteiger partial charge on any atom is -0.338 e. The van der Waals surface area contributed by atoms with Crippen molar-refractivity contribution in [1.82, 2.24) is 15.2 Å². The summed E-state index contributed by atoms with van der Waals surface area (Å²) in [6.45, 7) is 3.84. The van der Waals surface area contributed by atoms with Gasteiger partial charge in [0, 0.05) is 25.6 Å². The molecule has 1 saturated heterocycles. The number of aromatic amines is 1. The molecule has 2 aromatic rings. The predicted molar refractivity (Wildman–Crippen MR) is 79.6 cm³/mol. The molecule has 0 amide bonds. The third-order valence-corrected chi connectivity index (χ3v) is 4.13. The van der Waals surface area contributed by atoms with Crippen molar-refractivity contribution in [2.75, 3.05) is 18.0 Å². The Morgan fingerprint density at radius 3 is 3.00 bits per heavy atom. The molecule has 2 heterocycles. The number of piperidine rings is 1. The van der Waals surface area contributed by atoms with E-state index in [2.05, 4.69) is 27.0 Å². The van der Waals surface area contributed by atoms with Gasteiger partial charge in [-0.3, -0.25) is 5.10 Å². The number of nitrogens with two attached hydrogens (primary N) is 1. The maximum absolute atomic E-state index is 13.6. The molecule has 3 N–H and O–H groups in total. The standard InChI is InChI=1S/C15H20FN5/c1-10-6-7-21(9-13(10)17)15-18-14(19-20-15)8-11-4-2-3-5-12(11)16/h2-5,10,13H,6-9,17H2,1H3,(H,18,19,20). The van der Waals surface area contributed by atoms with Crippen LogP contribution >= 0.6 is 0 Å². The van der Waals surface area contributed by atoms with E-state index in [0.717, 1.165) is 19.5 Å². The highest BCUT2D eigenvalue weighted by Crippen LogP contribution is 2.20. The molecule has 0 radical (unpaired) electrons. The number of anilines is 1. The third-order valence-electron chi connectivity index (χ3n) is 4.13. The van der Waals surface area contributed by atoms with Crippen molar-refractivity contribution in [3.8, 4) is 0 Å². The van der Waals surface area contributed by atoms with E-state index in [0.29, 0.717) is 29.7 Å². The van der Waals surface area contributed by atoms with Gasteiger partial charge in [0.2, 0.25) is 5.95 Å². The Bertz CT molecular complexity index is 612. The van der Waals surface area contributed by atoms with Crippen molar-refractivity contribution in [3.05, 3.63) is 41.5 Å². The lowest BCUT2D eigenvalue weighted by atomic mass is 9.95. The molecule has 0 bridgehead atoms. The normalized spacial score (nSPS) is 22.5. The van der Waals surface area contributed by atoms with Crippen LogP contribution in [0.5, 0.6) is 0 Å². The average molecular weight is 289 g/mol. The first-order chi connectivity index (χ1) is 10.1. The van der Waals surface area contributed by atoms with Crippen LogP contribution in [-0.2, 0) is 6.42 Å². The second-order valence-corrected chi connectivity index (χ2v) is 5.73. The van der Waals surface area contributed by atoms with Crippen LogP contribution in [0.4, 0.5) is 10.3 Å². The minimum atomic E-state index is -0.218. The lowest BCUT2D eigenvalue weighted by Crippen LogP contribution is -2.48. The van der Waals surface area contributed by atoms with Crippen molar-refractivity contribution in [2.45, 2.75) is 25.8 Å². The van der Waals surface area contributed by atoms with Crippen molar-refractivity contribution < 1.29 is 4.39 Å². The Labute approximate surface area is 123 Å². The maximum Gasteiger partial charge on any atom is 0.244 e. The van der Waals surface area contributed by atoms with Gasteiger partial charge in [0.05, 0.1) is 0 Å². The summed E-state index contributed by atoms with van der Waals surface area (Å²) in [4.78, 5) is 6.56.